The zero-order valence-electron chi connectivity index (χ0n) is 46.8. The molecule has 0 amide bonds. The van der Waals surface area contributed by atoms with Gasteiger partial charge in [-0.25, -0.2) is 0 Å². The van der Waals surface area contributed by atoms with Crippen LogP contribution < -0.4 is 9.80 Å². The van der Waals surface area contributed by atoms with E-state index >= 15 is 0 Å². The molecule has 4 heterocycles. The van der Waals surface area contributed by atoms with Crippen LogP contribution in [0.15, 0.2) is 145 Å². The maximum Gasteiger partial charge on any atom is 0.0641 e. The molecule has 374 valence electrons. The largest absolute Gasteiger partial charge is 0.310 e. The predicted octanol–water partition coefficient (Wildman–Crippen LogP) is 20.2. The minimum Gasteiger partial charge on any atom is -0.310 e. The number of aryl methyl sites for hydroxylation is 5. The molecule has 0 spiro atoms. The molecule has 4 nitrogen and oxygen atoms in total. The van der Waals surface area contributed by atoms with Gasteiger partial charge in [0, 0.05) is 65.8 Å². The van der Waals surface area contributed by atoms with Crippen LogP contribution in [0.3, 0.4) is 0 Å². The highest BCUT2D eigenvalue weighted by atomic mass is 15.2. The van der Waals surface area contributed by atoms with Crippen LogP contribution in [-0.2, 0) is 10.8 Å². The van der Waals surface area contributed by atoms with Gasteiger partial charge < -0.3 is 18.6 Å². The average Bonchev–Trinajstić information content (AvgIpc) is 4.28. The van der Waals surface area contributed by atoms with Gasteiger partial charge in [0.2, 0.25) is 0 Å². The molecule has 4 heteroatoms. The van der Waals surface area contributed by atoms with Crippen LogP contribution in [0.2, 0.25) is 0 Å². The van der Waals surface area contributed by atoms with Crippen molar-refractivity contribution in [2.24, 2.45) is 5.41 Å². The number of rotatable bonds is 6. The van der Waals surface area contributed by atoms with Gasteiger partial charge in [-0.05, 0) is 182 Å². The van der Waals surface area contributed by atoms with E-state index in [1.54, 1.807) is 0 Å². The fourth-order valence-electron chi connectivity index (χ4n) is 13.0. The van der Waals surface area contributed by atoms with Crippen molar-refractivity contribution in [2.75, 3.05) is 9.80 Å². The third kappa shape index (κ3) is 6.87. The molecule has 0 aliphatic heterocycles. The molecule has 0 saturated carbocycles. The van der Waals surface area contributed by atoms with Gasteiger partial charge in [-0.1, -0.05) is 134 Å². The van der Waals surface area contributed by atoms with E-state index in [1.807, 2.05) is 0 Å². The number of para-hydroxylation sites is 2. The number of aromatic nitrogens is 2. The van der Waals surface area contributed by atoms with Crippen LogP contribution in [0.1, 0.15) is 112 Å². The molecule has 0 radical (unpaired) electrons. The smallest absolute Gasteiger partial charge is 0.0641 e. The molecular weight excluding hydrogens is 909 g/mol. The number of benzene rings is 8. The molecule has 13 rings (SSSR count). The molecule has 0 bridgehead atoms. The maximum absolute atomic E-state index is 2.66. The van der Waals surface area contributed by atoms with Crippen LogP contribution in [0.25, 0.3) is 76.2 Å². The van der Waals surface area contributed by atoms with Crippen molar-refractivity contribution in [1.29, 1.82) is 0 Å². The van der Waals surface area contributed by atoms with E-state index in [0.717, 1.165) is 12.1 Å². The summed E-state index contributed by atoms with van der Waals surface area (Å²) in [5.41, 5.74) is 26.5. The van der Waals surface area contributed by atoms with Gasteiger partial charge in [-0.15, -0.1) is 0 Å². The van der Waals surface area contributed by atoms with Gasteiger partial charge in [-0.3, -0.25) is 0 Å². The fourth-order valence-corrected chi connectivity index (χ4v) is 13.0. The van der Waals surface area contributed by atoms with E-state index < -0.39 is 0 Å². The van der Waals surface area contributed by atoms with E-state index in [9.17, 15) is 0 Å². The fraction of sp³-hybridized carbons (Fsp3) is 0.268. The normalized spacial score (nSPS) is 14.4. The van der Waals surface area contributed by atoms with E-state index in [4.69, 9.17) is 0 Å². The molecule has 8 aromatic carbocycles. The monoisotopic (exact) mass is 979 g/mol. The number of hydrogen-bond acceptors (Lipinski definition) is 2. The maximum atomic E-state index is 2.66. The number of anilines is 5. The zero-order valence-corrected chi connectivity index (χ0v) is 46.8. The summed E-state index contributed by atoms with van der Waals surface area (Å²) in [6, 6.07) is 47.6. The molecule has 0 unspecified atom stereocenters. The summed E-state index contributed by atoms with van der Waals surface area (Å²) >= 11 is 0. The zero-order chi connectivity index (χ0) is 52.5. The summed E-state index contributed by atoms with van der Waals surface area (Å²) in [5.74, 6) is 0. The Kier molecular flexibility index (Phi) is 10.1. The van der Waals surface area contributed by atoms with Crippen molar-refractivity contribution in [2.45, 2.75) is 121 Å². The van der Waals surface area contributed by atoms with Crippen molar-refractivity contribution in [3.63, 3.8) is 0 Å². The van der Waals surface area contributed by atoms with E-state index in [-0.39, 0.29) is 16.2 Å². The molecule has 0 N–H and O–H groups in total. The third-order valence-corrected chi connectivity index (χ3v) is 17.5. The summed E-state index contributed by atoms with van der Waals surface area (Å²) in [5, 5.41) is 10.3. The summed E-state index contributed by atoms with van der Waals surface area (Å²) in [6.07, 6.45) is 8.21. The van der Waals surface area contributed by atoms with E-state index in [2.05, 4.69) is 262 Å². The van der Waals surface area contributed by atoms with E-state index in [1.165, 1.54) is 155 Å². The first-order chi connectivity index (χ1) is 35.6. The Bertz CT molecular complexity index is 4390. The Labute approximate surface area is 442 Å². The van der Waals surface area contributed by atoms with E-state index in [0.29, 0.717) is 0 Å². The summed E-state index contributed by atoms with van der Waals surface area (Å²) in [4.78, 5) is 5.08. The number of hydrogen-bond donors (Lipinski definition) is 0. The molecular formula is C71H70N4. The highest BCUT2D eigenvalue weighted by molar-refractivity contribution is 6.32. The first-order valence-electron chi connectivity index (χ1n) is 27.2. The average molecular weight is 979 g/mol. The lowest BCUT2D eigenvalue weighted by Gasteiger charge is -2.32. The molecule has 4 aromatic heterocycles. The minimum atomic E-state index is -0.114. The quantitative estimate of drug-likeness (QED) is 0.165. The van der Waals surface area contributed by atoms with Gasteiger partial charge in [0.15, 0.2) is 0 Å². The molecule has 0 saturated heterocycles. The second kappa shape index (κ2) is 16.0. The van der Waals surface area contributed by atoms with Crippen molar-refractivity contribution in [3.05, 3.63) is 195 Å². The predicted molar refractivity (Wildman–Crippen MR) is 325 cm³/mol. The molecule has 0 fully saturated rings. The molecule has 12 aromatic rings. The lowest BCUT2D eigenvalue weighted by Crippen LogP contribution is -2.20. The third-order valence-electron chi connectivity index (χ3n) is 17.5. The highest BCUT2D eigenvalue weighted by Gasteiger charge is 2.32. The Balaban J connectivity index is 1.17. The Morgan fingerprint density at radius 2 is 0.880 bits per heavy atom. The second-order valence-electron chi connectivity index (χ2n) is 25.2. The van der Waals surface area contributed by atoms with Crippen LogP contribution in [0.4, 0.5) is 28.4 Å². The SMILES string of the molecule is Cc1ccc(N(c2cc(C)c(C)c(C)c2)c2ccc3c4cc5c(cc4n4c6c(C(C)(C)C)cccc6c2c34)c2ccc(N(C3=CCC(C)(C)C=C3)c3cc(C)c(C)c(C)c3)c3c4cccc(C(C)(C)C)c4n5c23)cc1. The summed E-state index contributed by atoms with van der Waals surface area (Å²) < 4.78 is 5.32. The molecule has 75 heavy (non-hydrogen) atoms. The van der Waals surface area contributed by atoms with Crippen LogP contribution in [0.5, 0.6) is 0 Å². The van der Waals surface area contributed by atoms with Gasteiger partial charge in [-0.2, -0.15) is 0 Å². The highest BCUT2D eigenvalue weighted by Crippen LogP contribution is 2.53. The topological polar surface area (TPSA) is 15.3 Å². The van der Waals surface area contributed by atoms with Crippen LogP contribution >= 0.6 is 0 Å². The van der Waals surface area contributed by atoms with Gasteiger partial charge in [0.05, 0.1) is 44.5 Å². The minimum absolute atomic E-state index is 0.0975. The number of fused-ring (bicyclic) bond motifs is 12. The second-order valence-corrected chi connectivity index (χ2v) is 25.2. The van der Waals surface area contributed by atoms with Crippen molar-refractivity contribution < 1.29 is 0 Å². The Morgan fingerprint density at radius 3 is 1.31 bits per heavy atom. The summed E-state index contributed by atoms with van der Waals surface area (Å²) in [6.45, 7) is 34.6. The van der Waals surface area contributed by atoms with Crippen molar-refractivity contribution in [3.8, 4) is 0 Å². The molecule has 0 atom stereocenters. The number of allylic oxidation sites excluding steroid dienone is 3. The van der Waals surface area contributed by atoms with Crippen molar-refractivity contribution >= 4 is 105 Å². The van der Waals surface area contributed by atoms with Gasteiger partial charge >= 0.3 is 0 Å². The van der Waals surface area contributed by atoms with Gasteiger partial charge in [0.1, 0.15) is 0 Å². The van der Waals surface area contributed by atoms with Crippen LogP contribution in [-0.4, -0.2) is 8.80 Å². The standard InChI is InChI=1S/C71H70N4/c1-40-22-24-47(25-23-40)72(49-34-41(2)45(6)42(3)35-49)59-28-26-51-55-38-62-56(39-61(55)74-65-53(63(59)67(51)74)18-16-20-57(65)69(8,9)10)52-27-29-60(64-54-19-17-21-58(70(11,12)13)66(54)75(62)68(52)64)73(48-30-32-71(14,15)33-31-48)50-36-43(4)46(7)44(5)37-50/h16-32,34-39H,33H2,1-15H3. The lowest BCUT2D eigenvalue weighted by molar-refractivity contribution is 0.481. The van der Waals surface area contributed by atoms with Gasteiger partial charge in [0.25, 0.3) is 0 Å². The Hall–Kier alpha value is -7.56. The lowest BCUT2D eigenvalue weighted by atomic mass is 9.85. The van der Waals surface area contributed by atoms with Crippen LogP contribution in [0, 0.1) is 53.9 Å². The number of nitrogens with zero attached hydrogens (tertiary/aromatic N) is 4. The molecule has 1 aliphatic carbocycles. The molecule has 1 aliphatic rings. The van der Waals surface area contributed by atoms with Crippen molar-refractivity contribution in [1.82, 2.24) is 8.80 Å². The first kappa shape index (κ1) is 47.2. The first-order valence-corrected chi connectivity index (χ1v) is 27.2. The summed E-state index contributed by atoms with van der Waals surface area (Å²) in [7, 11) is 0. The Morgan fingerprint density at radius 1 is 0.440 bits per heavy atom.